The van der Waals surface area contributed by atoms with E-state index in [-0.39, 0.29) is 18.1 Å². The van der Waals surface area contributed by atoms with Crippen LogP contribution >= 0.6 is 0 Å². The van der Waals surface area contributed by atoms with Crippen molar-refractivity contribution >= 4 is 5.91 Å². The number of ether oxygens (including phenoxy) is 1. The van der Waals surface area contributed by atoms with Crippen LogP contribution in [0.25, 0.3) is 0 Å². The zero-order chi connectivity index (χ0) is 17.3. The highest BCUT2D eigenvalue weighted by molar-refractivity contribution is 5.79. The Morgan fingerprint density at radius 1 is 1.16 bits per heavy atom. The fraction of sp³-hybridized carbons (Fsp3) is 0.773. The van der Waals surface area contributed by atoms with Gasteiger partial charge in [-0.25, -0.2) is 0 Å². The number of allylic oxidation sites excluding steroid dienone is 3. The number of hydrogen-bond donors (Lipinski definition) is 1. The van der Waals surface area contributed by atoms with Crippen LogP contribution in [-0.4, -0.2) is 18.1 Å². The number of carbonyl (C=O) groups is 1. The van der Waals surface area contributed by atoms with E-state index in [0.29, 0.717) is 11.3 Å². The minimum atomic E-state index is 0.0542. The van der Waals surface area contributed by atoms with E-state index in [4.69, 9.17) is 4.74 Å². The summed E-state index contributed by atoms with van der Waals surface area (Å²) in [6, 6.07) is 0. The van der Waals surface area contributed by atoms with Crippen molar-refractivity contribution in [2.24, 2.45) is 17.3 Å². The molecule has 1 N–H and O–H groups in total. The zero-order valence-electron chi connectivity index (χ0n) is 15.7. The fourth-order valence-electron chi connectivity index (χ4n) is 5.88. The predicted octanol–water partition coefficient (Wildman–Crippen LogP) is 4.88. The highest BCUT2D eigenvalue weighted by Crippen LogP contribution is 2.72. The van der Waals surface area contributed by atoms with Gasteiger partial charge >= 0.3 is 0 Å². The monoisotopic (exact) mass is 343 g/mol. The van der Waals surface area contributed by atoms with Crippen LogP contribution in [0.4, 0.5) is 0 Å². The van der Waals surface area contributed by atoms with E-state index in [2.05, 4.69) is 24.4 Å². The molecule has 3 heteroatoms. The van der Waals surface area contributed by atoms with E-state index in [0.717, 1.165) is 18.1 Å². The van der Waals surface area contributed by atoms with Crippen molar-refractivity contribution in [1.29, 1.82) is 0 Å². The molecule has 5 aliphatic carbocycles. The van der Waals surface area contributed by atoms with Gasteiger partial charge in [0.15, 0.2) is 6.61 Å². The van der Waals surface area contributed by atoms with Gasteiger partial charge in [-0.3, -0.25) is 4.79 Å². The van der Waals surface area contributed by atoms with E-state index in [9.17, 15) is 4.79 Å². The van der Waals surface area contributed by atoms with Crippen LogP contribution in [0.1, 0.15) is 77.6 Å². The largest absolute Gasteiger partial charge is 0.484 e. The zero-order valence-corrected chi connectivity index (χ0v) is 15.7. The van der Waals surface area contributed by atoms with Gasteiger partial charge in [0.1, 0.15) is 5.76 Å². The van der Waals surface area contributed by atoms with Crippen molar-refractivity contribution in [3.8, 4) is 0 Å². The molecule has 0 spiro atoms. The molecule has 5 rings (SSSR count). The molecule has 3 nitrogen and oxygen atoms in total. The number of amides is 1. The number of nitrogens with one attached hydrogen (secondary N) is 1. The van der Waals surface area contributed by atoms with E-state index >= 15 is 0 Å². The molecule has 1 amide bonds. The molecule has 4 fully saturated rings. The predicted molar refractivity (Wildman–Crippen MR) is 99.9 cm³/mol. The Hall–Kier alpha value is -1.25. The summed E-state index contributed by atoms with van der Waals surface area (Å²) < 4.78 is 5.68. The molecule has 1 atom stereocenters. The number of carbonyl (C=O) groups excluding carboxylic acids is 1. The van der Waals surface area contributed by atoms with Gasteiger partial charge in [-0.2, -0.15) is 0 Å². The first-order valence-electron chi connectivity index (χ1n) is 10.4. The van der Waals surface area contributed by atoms with Crippen molar-refractivity contribution in [3.05, 3.63) is 24.0 Å². The average molecular weight is 344 g/mol. The van der Waals surface area contributed by atoms with E-state index < -0.39 is 0 Å². The van der Waals surface area contributed by atoms with Gasteiger partial charge in [-0.1, -0.05) is 45.1 Å². The van der Waals surface area contributed by atoms with Crippen LogP contribution in [0.2, 0.25) is 0 Å². The minimum Gasteiger partial charge on any atom is -0.484 e. The first-order chi connectivity index (χ1) is 12.1. The molecule has 0 aliphatic heterocycles. The molecular formula is C22H33NO2. The highest BCUT2D eigenvalue weighted by Gasteiger charge is 2.70. The van der Waals surface area contributed by atoms with Gasteiger partial charge in [-0.15, -0.1) is 0 Å². The second-order valence-corrected chi connectivity index (χ2v) is 9.24. The smallest absolute Gasteiger partial charge is 0.258 e. The standard InChI is InChI=1S/C22H33NO2/c1-17-8-7-11-19(12-17)25-13-20(24)23-22-14-21(15-22,16-22)18-9-5-3-2-4-6-10-18/h7,11-12,17-18H,2-6,8-10,13-16H2,1H3,(H,23,24). The Morgan fingerprint density at radius 2 is 1.84 bits per heavy atom. The molecule has 0 aromatic carbocycles. The molecule has 25 heavy (non-hydrogen) atoms. The van der Waals surface area contributed by atoms with Crippen molar-refractivity contribution in [1.82, 2.24) is 5.32 Å². The molecule has 2 bridgehead atoms. The third-order valence-electron chi connectivity index (χ3n) is 7.06. The molecule has 4 saturated carbocycles. The van der Waals surface area contributed by atoms with Gasteiger partial charge in [-0.05, 0) is 67.9 Å². The Bertz CT molecular complexity index is 549. The molecule has 1 unspecified atom stereocenters. The van der Waals surface area contributed by atoms with Crippen molar-refractivity contribution in [3.63, 3.8) is 0 Å². The Kier molecular flexibility index (Phi) is 4.68. The summed E-state index contributed by atoms with van der Waals surface area (Å²) in [6.07, 6.45) is 20.9. The lowest BCUT2D eigenvalue weighted by atomic mass is 9.35. The number of rotatable bonds is 5. The van der Waals surface area contributed by atoms with Crippen LogP contribution in [0.3, 0.4) is 0 Å². The lowest BCUT2D eigenvalue weighted by molar-refractivity contribution is -0.198. The van der Waals surface area contributed by atoms with Crippen molar-refractivity contribution < 1.29 is 9.53 Å². The lowest BCUT2D eigenvalue weighted by Gasteiger charge is -2.73. The molecular weight excluding hydrogens is 310 g/mol. The summed E-state index contributed by atoms with van der Waals surface area (Å²) in [4.78, 5) is 12.3. The maximum Gasteiger partial charge on any atom is 0.258 e. The normalized spacial score (nSPS) is 37.8. The Labute approximate surface area is 152 Å². The maximum atomic E-state index is 12.3. The molecule has 0 aromatic heterocycles. The third-order valence-corrected chi connectivity index (χ3v) is 7.06. The van der Waals surface area contributed by atoms with Crippen LogP contribution < -0.4 is 5.32 Å². The van der Waals surface area contributed by atoms with Crippen LogP contribution in [0.15, 0.2) is 24.0 Å². The fourth-order valence-corrected chi connectivity index (χ4v) is 5.88. The highest BCUT2D eigenvalue weighted by atomic mass is 16.5. The van der Waals surface area contributed by atoms with E-state index in [1.165, 1.54) is 64.2 Å². The number of hydrogen-bond acceptors (Lipinski definition) is 2. The summed E-state index contributed by atoms with van der Waals surface area (Å²) >= 11 is 0. The molecule has 138 valence electrons. The summed E-state index contributed by atoms with van der Waals surface area (Å²) in [7, 11) is 0. The molecule has 0 saturated heterocycles. The van der Waals surface area contributed by atoms with Crippen LogP contribution in [-0.2, 0) is 9.53 Å². The molecule has 0 heterocycles. The molecule has 5 aliphatic rings. The second kappa shape index (κ2) is 6.81. The lowest BCUT2D eigenvalue weighted by Crippen LogP contribution is -2.76. The maximum absolute atomic E-state index is 12.3. The van der Waals surface area contributed by atoms with E-state index in [1.807, 2.05) is 6.08 Å². The van der Waals surface area contributed by atoms with Crippen molar-refractivity contribution in [2.45, 2.75) is 83.1 Å². The van der Waals surface area contributed by atoms with Gasteiger partial charge in [0.25, 0.3) is 5.91 Å². The molecule has 0 radical (unpaired) electrons. The van der Waals surface area contributed by atoms with Crippen molar-refractivity contribution in [2.75, 3.05) is 6.61 Å². The summed E-state index contributed by atoms with van der Waals surface area (Å²) in [5.41, 5.74) is 0.697. The average Bonchev–Trinajstić information content (AvgIpc) is 2.48. The van der Waals surface area contributed by atoms with Gasteiger partial charge < -0.3 is 10.1 Å². The first-order valence-corrected chi connectivity index (χ1v) is 10.4. The van der Waals surface area contributed by atoms with Gasteiger partial charge in [0, 0.05) is 5.54 Å². The van der Waals surface area contributed by atoms with E-state index in [1.54, 1.807) is 0 Å². The van der Waals surface area contributed by atoms with Crippen LogP contribution in [0.5, 0.6) is 0 Å². The SMILES string of the molecule is CC1C=C(OCC(=O)NC23CC(C4CCCCCCC4)(C2)C3)C=CC1. The second-order valence-electron chi connectivity index (χ2n) is 9.24. The summed E-state index contributed by atoms with van der Waals surface area (Å²) in [5.74, 6) is 2.32. The topological polar surface area (TPSA) is 38.3 Å². The van der Waals surface area contributed by atoms with Gasteiger partial charge in [0.2, 0.25) is 0 Å². The minimum absolute atomic E-state index is 0.0542. The summed E-state index contributed by atoms with van der Waals surface area (Å²) in [5, 5.41) is 3.29. The Morgan fingerprint density at radius 3 is 2.52 bits per heavy atom. The third kappa shape index (κ3) is 3.52. The summed E-state index contributed by atoms with van der Waals surface area (Å²) in [6.45, 7) is 2.32. The van der Waals surface area contributed by atoms with Crippen LogP contribution in [0, 0.1) is 17.3 Å². The molecule has 0 aromatic rings. The Balaban J connectivity index is 1.22. The quantitative estimate of drug-likeness (QED) is 0.772. The van der Waals surface area contributed by atoms with Gasteiger partial charge in [0.05, 0.1) is 0 Å². The first kappa shape index (κ1) is 17.2.